The van der Waals surface area contributed by atoms with E-state index in [4.69, 9.17) is 4.74 Å². The summed E-state index contributed by atoms with van der Waals surface area (Å²) in [4.78, 5) is 12.8. The van der Waals surface area contributed by atoms with Gasteiger partial charge in [0.25, 0.3) is 0 Å². The number of ether oxygens (including phenoxy) is 1. The number of rotatable bonds is 6. The van der Waals surface area contributed by atoms with Crippen LogP contribution in [0.15, 0.2) is 24.3 Å². The molecule has 0 aliphatic carbocycles. The van der Waals surface area contributed by atoms with Crippen molar-refractivity contribution in [2.75, 3.05) is 27.2 Å². The third kappa shape index (κ3) is 5.14. The number of aldehydes is 1. The van der Waals surface area contributed by atoms with Crippen molar-refractivity contribution in [1.29, 1.82) is 0 Å². The maximum atomic E-state index is 10.7. The molecule has 0 atom stereocenters. The van der Waals surface area contributed by atoms with Crippen LogP contribution in [0.25, 0.3) is 0 Å². The standard InChI is InChI=1S/C12H17NO2.ClH/c1-13(2)8-5-9-15-12-7-4-3-6-11(12)10-14;/h3-4,6-7,10H,5,8-9H2,1-2H3;1H. The fraction of sp³-hybridized carbons (Fsp3) is 0.417. The lowest BCUT2D eigenvalue weighted by Crippen LogP contribution is -2.15. The Bertz CT molecular complexity index is 316. The molecule has 16 heavy (non-hydrogen) atoms. The average molecular weight is 244 g/mol. The van der Waals surface area contributed by atoms with Crippen LogP contribution in [0.4, 0.5) is 0 Å². The molecule has 0 amide bonds. The lowest BCUT2D eigenvalue weighted by molar-refractivity contribution is 0.111. The van der Waals surface area contributed by atoms with E-state index in [0.717, 1.165) is 19.3 Å². The lowest BCUT2D eigenvalue weighted by Gasteiger charge is -2.11. The molecule has 0 saturated heterocycles. The van der Waals surface area contributed by atoms with Crippen LogP contribution >= 0.6 is 12.4 Å². The zero-order valence-electron chi connectivity index (χ0n) is 9.68. The van der Waals surface area contributed by atoms with Gasteiger partial charge in [-0.25, -0.2) is 0 Å². The highest BCUT2D eigenvalue weighted by Gasteiger charge is 2.00. The molecule has 0 heterocycles. The van der Waals surface area contributed by atoms with Gasteiger partial charge in [-0.15, -0.1) is 12.4 Å². The van der Waals surface area contributed by atoms with E-state index in [-0.39, 0.29) is 12.4 Å². The number of hydrogen-bond acceptors (Lipinski definition) is 3. The van der Waals surface area contributed by atoms with Crippen LogP contribution in [0, 0.1) is 0 Å². The molecule has 0 aliphatic heterocycles. The van der Waals surface area contributed by atoms with Gasteiger partial charge >= 0.3 is 0 Å². The molecular weight excluding hydrogens is 226 g/mol. The van der Waals surface area contributed by atoms with E-state index < -0.39 is 0 Å². The third-order valence-corrected chi connectivity index (χ3v) is 2.05. The van der Waals surface area contributed by atoms with E-state index in [1.54, 1.807) is 6.07 Å². The maximum Gasteiger partial charge on any atom is 0.153 e. The van der Waals surface area contributed by atoms with Gasteiger partial charge in [-0.3, -0.25) is 4.79 Å². The zero-order valence-corrected chi connectivity index (χ0v) is 10.5. The van der Waals surface area contributed by atoms with Crippen molar-refractivity contribution in [2.24, 2.45) is 0 Å². The molecule has 0 bridgehead atoms. The van der Waals surface area contributed by atoms with Gasteiger partial charge in [0, 0.05) is 6.54 Å². The Morgan fingerprint density at radius 3 is 2.62 bits per heavy atom. The van der Waals surface area contributed by atoms with Crippen LogP contribution in [0.3, 0.4) is 0 Å². The summed E-state index contributed by atoms with van der Waals surface area (Å²) in [5.74, 6) is 0.672. The minimum Gasteiger partial charge on any atom is -0.493 e. The monoisotopic (exact) mass is 243 g/mol. The van der Waals surface area contributed by atoms with Crippen molar-refractivity contribution in [2.45, 2.75) is 6.42 Å². The molecule has 0 radical (unpaired) electrons. The zero-order chi connectivity index (χ0) is 11.1. The summed E-state index contributed by atoms with van der Waals surface area (Å²) in [6.45, 7) is 1.63. The minimum atomic E-state index is 0. The minimum absolute atomic E-state index is 0. The van der Waals surface area contributed by atoms with Crippen molar-refractivity contribution in [3.8, 4) is 5.75 Å². The first kappa shape index (κ1) is 14.9. The highest BCUT2D eigenvalue weighted by molar-refractivity contribution is 5.85. The van der Waals surface area contributed by atoms with E-state index in [1.165, 1.54) is 0 Å². The molecular formula is C12H18ClNO2. The highest BCUT2D eigenvalue weighted by Crippen LogP contribution is 2.15. The first-order valence-corrected chi connectivity index (χ1v) is 5.06. The van der Waals surface area contributed by atoms with Crippen LogP contribution in [0.1, 0.15) is 16.8 Å². The second-order valence-corrected chi connectivity index (χ2v) is 3.66. The summed E-state index contributed by atoms with van der Waals surface area (Å²) < 4.78 is 5.52. The molecule has 0 N–H and O–H groups in total. The highest BCUT2D eigenvalue weighted by atomic mass is 35.5. The van der Waals surface area contributed by atoms with Crippen molar-refractivity contribution in [3.05, 3.63) is 29.8 Å². The second kappa shape index (κ2) is 8.13. The summed E-state index contributed by atoms with van der Waals surface area (Å²) in [6.07, 6.45) is 1.78. The topological polar surface area (TPSA) is 29.5 Å². The van der Waals surface area contributed by atoms with Crippen molar-refractivity contribution < 1.29 is 9.53 Å². The van der Waals surface area contributed by atoms with Crippen LogP contribution in [-0.4, -0.2) is 38.4 Å². The van der Waals surface area contributed by atoms with E-state index >= 15 is 0 Å². The van der Waals surface area contributed by atoms with E-state index in [9.17, 15) is 4.79 Å². The lowest BCUT2D eigenvalue weighted by atomic mass is 10.2. The molecule has 0 aromatic heterocycles. The van der Waals surface area contributed by atoms with Gasteiger partial charge < -0.3 is 9.64 Å². The molecule has 4 heteroatoms. The fourth-order valence-corrected chi connectivity index (χ4v) is 1.27. The maximum absolute atomic E-state index is 10.7. The Kier molecular flexibility index (Phi) is 7.60. The number of benzene rings is 1. The molecule has 90 valence electrons. The van der Waals surface area contributed by atoms with Gasteiger partial charge in [0.1, 0.15) is 5.75 Å². The van der Waals surface area contributed by atoms with E-state index in [2.05, 4.69) is 4.90 Å². The third-order valence-electron chi connectivity index (χ3n) is 2.05. The summed E-state index contributed by atoms with van der Waals surface area (Å²) in [6, 6.07) is 7.28. The van der Waals surface area contributed by atoms with Crippen molar-refractivity contribution >= 4 is 18.7 Å². The predicted octanol–water partition coefficient (Wildman–Crippen LogP) is 2.25. The molecule has 0 aliphatic rings. The molecule has 3 nitrogen and oxygen atoms in total. The number of carbonyl (C=O) groups excluding carboxylic acids is 1. The Hall–Kier alpha value is -1.06. The van der Waals surface area contributed by atoms with Gasteiger partial charge in [0.05, 0.1) is 12.2 Å². The van der Waals surface area contributed by atoms with Gasteiger partial charge in [-0.1, -0.05) is 12.1 Å². The number of carbonyl (C=O) groups is 1. The molecule has 0 spiro atoms. The molecule has 1 aromatic rings. The summed E-state index contributed by atoms with van der Waals surface area (Å²) in [7, 11) is 4.05. The first-order chi connectivity index (χ1) is 7.24. The van der Waals surface area contributed by atoms with Crippen LogP contribution in [-0.2, 0) is 0 Å². The Labute approximate surface area is 103 Å². The normalized spacial score (nSPS) is 9.69. The molecule has 1 aromatic carbocycles. The molecule has 1 rings (SSSR count). The molecule has 0 fully saturated rings. The fourth-order valence-electron chi connectivity index (χ4n) is 1.27. The summed E-state index contributed by atoms with van der Waals surface area (Å²) in [5.41, 5.74) is 0.613. The number of para-hydroxylation sites is 1. The van der Waals surface area contributed by atoms with Crippen LogP contribution < -0.4 is 4.74 Å². The van der Waals surface area contributed by atoms with Gasteiger partial charge in [-0.2, -0.15) is 0 Å². The number of halogens is 1. The van der Waals surface area contributed by atoms with Gasteiger partial charge in [0.2, 0.25) is 0 Å². The van der Waals surface area contributed by atoms with E-state index in [0.29, 0.717) is 17.9 Å². The molecule has 0 unspecified atom stereocenters. The SMILES string of the molecule is CN(C)CCCOc1ccccc1C=O.Cl. The van der Waals surface area contributed by atoms with E-state index in [1.807, 2.05) is 32.3 Å². The van der Waals surface area contributed by atoms with Crippen LogP contribution in [0.2, 0.25) is 0 Å². The average Bonchev–Trinajstić information content (AvgIpc) is 2.24. The number of nitrogens with zero attached hydrogens (tertiary/aromatic N) is 1. The first-order valence-electron chi connectivity index (χ1n) is 5.06. The smallest absolute Gasteiger partial charge is 0.153 e. The van der Waals surface area contributed by atoms with Gasteiger partial charge in [0.15, 0.2) is 6.29 Å². The Morgan fingerprint density at radius 1 is 1.31 bits per heavy atom. The van der Waals surface area contributed by atoms with Crippen LogP contribution in [0.5, 0.6) is 5.75 Å². The molecule has 0 saturated carbocycles. The van der Waals surface area contributed by atoms with Crippen molar-refractivity contribution in [3.63, 3.8) is 0 Å². The largest absolute Gasteiger partial charge is 0.493 e. The Balaban J connectivity index is 0.00000225. The number of hydrogen-bond donors (Lipinski definition) is 0. The quantitative estimate of drug-likeness (QED) is 0.567. The Morgan fingerprint density at radius 2 is 2.00 bits per heavy atom. The predicted molar refractivity (Wildman–Crippen MR) is 67.7 cm³/mol. The van der Waals surface area contributed by atoms with Gasteiger partial charge in [-0.05, 0) is 32.6 Å². The second-order valence-electron chi connectivity index (χ2n) is 3.66. The van der Waals surface area contributed by atoms with Crippen molar-refractivity contribution in [1.82, 2.24) is 4.90 Å². The summed E-state index contributed by atoms with van der Waals surface area (Å²) >= 11 is 0. The summed E-state index contributed by atoms with van der Waals surface area (Å²) in [5, 5.41) is 0.